The standard InChI is InChI=1S/C19H23N5O.2ClH/c20-7-1-2-16(21)12-23-19(25)18-11-15-4-3-14(10-17(15)24-18)13-5-8-22-9-6-13;;/h3-6,8-11,16,24H,1-2,7,12,20-21H2,(H,23,25);2*1H. The summed E-state index contributed by atoms with van der Waals surface area (Å²) in [6.45, 7) is 1.06. The van der Waals surface area contributed by atoms with E-state index in [-0.39, 0.29) is 36.8 Å². The molecular weight excluding hydrogens is 385 g/mol. The average molecular weight is 410 g/mol. The van der Waals surface area contributed by atoms with Gasteiger partial charge >= 0.3 is 0 Å². The number of hydrogen-bond acceptors (Lipinski definition) is 4. The summed E-state index contributed by atoms with van der Waals surface area (Å²) in [7, 11) is 0. The molecule has 6 nitrogen and oxygen atoms in total. The van der Waals surface area contributed by atoms with Gasteiger partial charge in [0.1, 0.15) is 5.69 Å². The molecule has 1 atom stereocenters. The fraction of sp³-hybridized carbons (Fsp3) is 0.263. The predicted octanol–water partition coefficient (Wildman–Crippen LogP) is 2.87. The number of H-pyrrole nitrogens is 1. The first-order valence-corrected chi connectivity index (χ1v) is 8.44. The minimum absolute atomic E-state index is 0. The van der Waals surface area contributed by atoms with Crippen molar-refractivity contribution in [2.45, 2.75) is 18.9 Å². The number of benzene rings is 1. The third-order valence-electron chi connectivity index (χ3n) is 4.18. The summed E-state index contributed by atoms with van der Waals surface area (Å²) in [6.07, 6.45) is 5.20. The molecule has 3 aromatic rings. The molecule has 8 heteroatoms. The second-order valence-corrected chi connectivity index (χ2v) is 6.12. The smallest absolute Gasteiger partial charge is 0.267 e. The van der Waals surface area contributed by atoms with E-state index < -0.39 is 0 Å². The normalized spacial score (nSPS) is 11.3. The van der Waals surface area contributed by atoms with Crippen LogP contribution in [0.25, 0.3) is 22.0 Å². The van der Waals surface area contributed by atoms with Crippen LogP contribution in [0.15, 0.2) is 48.8 Å². The molecule has 1 amide bonds. The molecule has 146 valence electrons. The van der Waals surface area contributed by atoms with Crippen LogP contribution < -0.4 is 16.8 Å². The van der Waals surface area contributed by atoms with Crippen LogP contribution >= 0.6 is 24.8 Å². The number of rotatable bonds is 7. The largest absolute Gasteiger partial charge is 0.351 e. The van der Waals surface area contributed by atoms with Crippen molar-refractivity contribution in [2.24, 2.45) is 11.5 Å². The van der Waals surface area contributed by atoms with Crippen LogP contribution in [0.5, 0.6) is 0 Å². The van der Waals surface area contributed by atoms with Crippen LogP contribution in [0, 0.1) is 0 Å². The van der Waals surface area contributed by atoms with Gasteiger partial charge in [-0.1, -0.05) is 12.1 Å². The first-order chi connectivity index (χ1) is 12.2. The number of amides is 1. The van der Waals surface area contributed by atoms with Gasteiger partial charge < -0.3 is 21.8 Å². The van der Waals surface area contributed by atoms with Crippen molar-refractivity contribution in [3.63, 3.8) is 0 Å². The highest BCUT2D eigenvalue weighted by molar-refractivity contribution is 5.98. The maximum absolute atomic E-state index is 12.3. The Balaban J connectivity index is 0.00000182. The minimum Gasteiger partial charge on any atom is -0.351 e. The summed E-state index contributed by atoms with van der Waals surface area (Å²) in [5.41, 5.74) is 15.1. The lowest BCUT2D eigenvalue weighted by Crippen LogP contribution is -2.37. The van der Waals surface area contributed by atoms with Gasteiger partial charge in [0.05, 0.1) is 0 Å². The topological polar surface area (TPSA) is 110 Å². The van der Waals surface area contributed by atoms with Gasteiger partial charge in [-0.25, -0.2) is 0 Å². The fourth-order valence-electron chi connectivity index (χ4n) is 2.77. The third kappa shape index (κ3) is 5.94. The fourth-order valence-corrected chi connectivity index (χ4v) is 2.77. The highest BCUT2D eigenvalue weighted by Crippen LogP contribution is 2.24. The molecule has 6 N–H and O–H groups in total. The quantitative estimate of drug-likeness (QED) is 0.480. The summed E-state index contributed by atoms with van der Waals surface area (Å²) in [5, 5.41) is 3.87. The Morgan fingerprint density at radius 2 is 1.85 bits per heavy atom. The zero-order chi connectivity index (χ0) is 17.6. The number of fused-ring (bicyclic) bond motifs is 1. The van der Waals surface area contributed by atoms with E-state index in [4.69, 9.17) is 11.5 Å². The number of carbonyl (C=O) groups is 1. The van der Waals surface area contributed by atoms with E-state index in [1.54, 1.807) is 12.4 Å². The van der Waals surface area contributed by atoms with Crippen LogP contribution in [0.3, 0.4) is 0 Å². The second-order valence-electron chi connectivity index (χ2n) is 6.12. The Morgan fingerprint density at radius 1 is 1.11 bits per heavy atom. The van der Waals surface area contributed by atoms with Gasteiger partial charge in [-0.05, 0) is 54.8 Å². The van der Waals surface area contributed by atoms with Gasteiger partial charge in [-0.3, -0.25) is 9.78 Å². The van der Waals surface area contributed by atoms with Crippen molar-refractivity contribution in [1.82, 2.24) is 15.3 Å². The summed E-state index contributed by atoms with van der Waals surface area (Å²) in [5.74, 6) is -0.148. The van der Waals surface area contributed by atoms with Crippen molar-refractivity contribution >= 4 is 41.6 Å². The molecule has 27 heavy (non-hydrogen) atoms. The van der Waals surface area contributed by atoms with Gasteiger partial charge in [0, 0.05) is 35.9 Å². The van der Waals surface area contributed by atoms with Crippen LogP contribution in [-0.2, 0) is 0 Å². The molecule has 0 saturated carbocycles. The maximum atomic E-state index is 12.3. The highest BCUT2D eigenvalue weighted by atomic mass is 35.5. The lowest BCUT2D eigenvalue weighted by molar-refractivity contribution is 0.0946. The Labute approximate surface area is 170 Å². The lowest BCUT2D eigenvalue weighted by atomic mass is 10.1. The lowest BCUT2D eigenvalue weighted by Gasteiger charge is -2.11. The summed E-state index contributed by atoms with van der Waals surface area (Å²) < 4.78 is 0. The van der Waals surface area contributed by atoms with Crippen LogP contribution in [0.4, 0.5) is 0 Å². The van der Waals surface area contributed by atoms with Crippen molar-refractivity contribution in [1.29, 1.82) is 0 Å². The second kappa shape index (κ2) is 10.9. The molecule has 1 unspecified atom stereocenters. The number of carbonyl (C=O) groups excluding carboxylic acids is 1. The van der Waals surface area contributed by atoms with Gasteiger partial charge in [-0.15, -0.1) is 24.8 Å². The zero-order valence-electron chi connectivity index (χ0n) is 14.9. The Morgan fingerprint density at radius 3 is 2.56 bits per heavy atom. The number of aromatic amines is 1. The summed E-state index contributed by atoms with van der Waals surface area (Å²) >= 11 is 0. The van der Waals surface area contributed by atoms with E-state index in [0.717, 1.165) is 34.9 Å². The van der Waals surface area contributed by atoms with E-state index >= 15 is 0 Å². The van der Waals surface area contributed by atoms with Gasteiger partial charge in [0.2, 0.25) is 0 Å². The molecule has 0 fully saturated rings. The van der Waals surface area contributed by atoms with Crippen molar-refractivity contribution in [2.75, 3.05) is 13.1 Å². The molecule has 0 radical (unpaired) electrons. The van der Waals surface area contributed by atoms with E-state index in [1.165, 1.54) is 0 Å². The summed E-state index contributed by atoms with van der Waals surface area (Å²) in [6, 6.07) is 11.8. The SMILES string of the molecule is Cl.Cl.NCCCC(N)CNC(=O)c1cc2ccc(-c3ccncc3)cc2[nH]1. The van der Waals surface area contributed by atoms with Crippen molar-refractivity contribution in [3.8, 4) is 11.1 Å². The first kappa shape index (κ1) is 22.9. The molecule has 0 aliphatic carbocycles. The molecule has 3 rings (SSSR count). The van der Waals surface area contributed by atoms with Gasteiger partial charge in [0.25, 0.3) is 5.91 Å². The number of aromatic nitrogens is 2. The van der Waals surface area contributed by atoms with E-state index in [2.05, 4.69) is 15.3 Å². The zero-order valence-corrected chi connectivity index (χ0v) is 16.5. The molecule has 0 aliphatic rings. The molecule has 0 aliphatic heterocycles. The van der Waals surface area contributed by atoms with Gasteiger partial charge in [-0.2, -0.15) is 0 Å². The predicted molar refractivity (Wildman–Crippen MR) is 115 cm³/mol. The van der Waals surface area contributed by atoms with E-state index in [9.17, 15) is 4.79 Å². The number of nitrogens with one attached hydrogen (secondary N) is 2. The van der Waals surface area contributed by atoms with E-state index in [0.29, 0.717) is 18.8 Å². The Hall–Kier alpha value is -2.12. The van der Waals surface area contributed by atoms with Gasteiger partial charge in [0.15, 0.2) is 0 Å². The maximum Gasteiger partial charge on any atom is 0.267 e. The molecule has 0 bridgehead atoms. The molecule has 2 aromatic heterocycles. The minimum atomic E-state index is -0.148. The molecule has 1 aromatic carbocycles. The molecule has 0 spiro atoms. The highest BCUT2D eigenvalue weighted by Gasteiger charge is 2.11. The third-order valence-corrected chi connectivity index (χ3v) is 4.18. The Bertz CT molecular complexity index is 854. The number of nitrogens with two attached hydrogens (primary N) is 2. The van der Waals surface area contributed by atoms with Crippen molar-refractivity contribution in [3.05, 3.63) is 54.5 Å². The molecular formula is C19H25Cl2N5O. The molecule has 0 saturated heterocycles. The average Bonchev–Trinajstić information content (AvgIpc) is 3.08. The number of nitrogens with zero attached hydrogens (tertiary/aromatic N) is 1. The van der Waals surface area contributed by atoms with Crippen LogP contribution in [-0.4, -0.2) is 35.0 Å². The van der Waals surface area contributed by atoms with E-state index in [1.807, 2.05) is 36.4 Å². The first-order valence-electron chi connectivity index (χ1n) is 8.44. The molecule has 2 heterocycles. The van der Waals surface area contributed by atoms with Crippen molar-refractivity contribution < 1.29 is 4.79 Å². The number of hydrogen-bond donors (Lipinski definition) is 4. The van der Waals surface area contributed by atoms with Crippen LogP contribution in [0.1, 0.15) is 23.3 Å². The number of halogens is 2. The summed E-state index contributed by atoms with van der Waals surface area (Å²) in [4.78, 5) is 19.5. The number of pyridine rings is 1. The Kier molecular flexibility index (Phi) is 9.25. The van der Waals surface area contributed by atoms with Crippen LogP contribution in [0.2, 0.25) is 0 Å². The monoisotopic (exact) mass is 409 g/mol.